The van der Waals surface area contributed by atoms with Crippen molar-refractivity contribution >= 4 is 11.5 Å². The molecule has 0 aliphatic rings. The first kappa shape index (κ1) is 13.6. The Hall–Kier alpha value is -1.87. The number of aromatic nitrogens is 1. The molecule has 0 fully saturated rings. The second kappa shape index (κ2) is 5.85. The van der Waals surface area contributed by atoms with E-state index in [1.807, 2.05) is 31.4 Å². The van der Waals surface area contributed by atoms with Gasteiger partial charge in [0.25, 0.3) is 0 Å². The summed E-state index contributed by atoms with van der Waals surface area (Å²) in [6.07, 6.45) is 2.83. The van der Waals surface area contributed by atoms with Crippen LogP contribution in [0.3, 0.4) is 0 Å². The number of pyridine rings is 1. The Balaban J connectivity index is 2.30. The van der Waals surface area contributed by atoms with E-state index in [1.165, 1.54) is 5.56 Å². The highest BCUT2D eigenvalue weighted by molar-refractivity contribution is 5.59. The molecule has 2 aromatic rings. The Morgan fingerprint density at radius 3 is 2.53 bits per heavy atom. The predicted molar refractivity (Wildman–Crippen MR) is 80.7 cm³/mol. The molecule has 0 spiro atoms. The molecule has 1 atom stereocenters. The van der Waals surface area contributed by atoms with Crippen molar-refractivity contribution in [1.29, 1.82) is 0 Å². The number of hydrogen-bond acceptors (Lipinski definition) is 3. The van der Waals surface area contributed by atoms with Gasteiger partial charge in [0.1, 0.15) is 5.82 Å². The van der Waals surface area contributed by atoms with Crippen molar-refractivity contribution in [3.63, 3.8) is 0 Å². The number of hydrogen-bond donors (Lipinski definition) is 1. The zero-order valence-corrected chi connectivity index (χ0v) is 11.8. The summed E-state index contributed by atoms with van der Waals surface area (Å²) in [7, 11) is 2.02. The maximum atomic E-state index is 6.08. The van der Waals surface area contributed by atoms with Gasteiger partial charge >= 0.3 is 0 Å². The number of aryl methyl sites for hydroxylation is 1. The van der Waals surface area contributed by atoms with Crippen molar-refractivity contribution in [3.05, 3.63) is 53.7 Å². The van der Waals surface area contributed by atoms with Crippen LogP contribution in [0.15, 0.2) is 42.6 Å². The van der Waals surface area contributed by atoms with Crippen molar-refractivity contribution < 1.29 is 0 Å². The molecule has 0 amide bonds. The molecule has 0 saturated heterocycles. The van der Waals surface area contributed by atoms with Gasteiger partial charge < -0.3 is 10.6 Å². The van der Waals surface area contributed by atoms with Gasteiger partial charge in [-0.1, -0.05) is 25.1 Å². The second-order valence-corrected chi connectivity index (χ2v) is 4.81. The molecule has 0 unspecified atom stereocenters. The molecule has 1 heterocycles. The lowest BCUT2D eigenvalue weighted by molar-refractivity contribution is 0.690. The molecule has 100 valence electrons. The molecular weight excluding hydrogens is 234 g/mol. The summed E-state index contributed by atoms with van der Waals surface area (Å²) < 4.78 is 0. The summed E-state index contributed by atoms with van der Waals surface area (Å²) >= 11 is 0. The van der Waals surface area contributed by atoms with E-state index in [9.17, 15) is 0 Å². The van der Waals surface area contributed by atoms with Crippen LogP contribution in [0, 0.1) is 6.92 Å². The Morgan fingerprint density at radius 2 is 1.95 bits per heavy atom. The third-order valence-corrected chi connectivity index (χ3v) is 3.46. The normalized spacial score (nSPS) is 12.2. The molecule has 0 radical (unpaired) electrons. The third-order valence-electron chi connectivity index (χ3n) is 3.46. The van der Waals surface area contributed by atoms with Crippen LogP contribution in [0.1, 0.15) is 30.5 Å². The number of benzene rings is 1. The monoisotopic (exact) mass is 255 g/mol. The van der Waals surface area contributed by atoms with Crippen molar-refractivity contribution in [2.24, 2.45) is 5.73 Å². The minimum absolute atomic E-state index is 0.0728. The van der Waals surface area contributed by atoms with Crippen LogP contribution in [0.2, 0.25) is 0 Å². The first-order valence-electron chi connectivity index (χ1n) is 6.64. The maximum Gasteiger partial charge on any atom is 0.132 e. The van der Waals surface area contributed by atoms with Gasteiger partial charge in [0.15, 0.2) is 0 Å². The zero-order chi connectivity index (χ0) is 13.8. The zero-order valence-electron chi connectivity index (χ0n) is 11.8. The van der Waals surface area contributed by atoms with Gasteiger partial charge in [-0.15, -0.1) is 0 Å². The van der Waals surface area contributed by atoms with Crippen LogP contribution < -0.4 is 10.6 Å². The van der Waals surface area contributed by atoms with Crippen LogP contribution in [0.4, 0.5) is 11.5 Å². The van der Waals surface area contributed by atoms with Crippen molar-refractivity contribution in [2.45, 2.75) is 26.3 Å². The van der Waals surface area contributed by atoms with Gasteiger partial charge in [-0.05, 0) is 42.7 Å². The van der Waals surface area contributed by atoms with Gasteiger partial charge in [0.2, 0.25) is 0 Å². The quantitative estimate of drug-likeness (QED) is 0.908. The summed E-state index contributed by atoms with van der Waals surface area (Å²) in [5.74, 6) is 0.941. The topological polar surface area (TPSA) is 42.1 Å². The number of para-hydroxylation sites is 1. The highest BCUT2D eigenvalue weighted by Gasteiger charge is 2.11. The lowest BCUT2D eigenvalue weighted by Crippen LogP contribution is -2.14. The van der Waals surface area contributed by atoms with Crippen LogP contribution >= 0.6 is 0 Å². The molecule has 3 heteroatoms. The van der Waals surface area contributed by atoms with Crippen molar-refractivity contribution in [1.82, 2.24) is 4.98 Å². The lowest BCUT2D eigenvalue weighted by atomic mass is 10.0. The predicted octanol–water partition coefficient (Wildman–Crippen LogP) is 3.57. The largest absolute Gasteiger partial charge is 0.329 e. The summed E-state index contributed by atoms with van der Waals surface area (Å²) in [6.45, 7) is 4.18. The first-order chi connectivity index (χ1) is 9.13. The van der Waals surface area contributed by atoms with Gasteiger partial charge in [0, 0.05) is 25.0 Å². The van der Waals surface area contributed by atoms with E-state index >= 15 is 0 Å². The van der Waals surface area contributed by atoms with Crippen LogP contribution in [0.5, 0.6) is 0 Å². The fourth-order valence-corrected chi connectivity index (χ4v) is 2.13. The molecule has 0 aliphatic carbocycles. The van der Waals surface area contributed by atoms with Crippen LogP contribution in [-0.2, 0) is 0 Å². The van der Waals surface area contributed by atoms with E-state index in [0.29, 0.717) is 0 Å². The molecule has 0 aliphatic heterocycles. The summed E-state index contributed by atoms with van der Waals surface area (Å²) in [5, 5.41) is 0. The molecule has 2 rings (SSSR count). The summed E-state index contributed by atoms with van der Waals surface area (Å²) in [4.78, 5) is 6.61. The smallest absolute Gasteiger partial charge is 0.132 e. The van der Waals surface area contributed by atoms with E-state index in [-0.39, 0.29) is 6.04 Å². The summed E-state index contributed by atoms with van der Waals surface area (Å²) in [6, 6.07) is 12.4. The maximum absolute atomic E-state index is 6.08. The van der Waals surface area contributed by atoms with Gasteiger partial charge in [0.05, 0.1) is 0 Å². The second-order valence-electron chi connectivity index (χ2n) is 4.81. The fourth-order valence-electron chi connectivity index (χ4n) is 2.13. The Labute approximate surface area is 115 Å². The molecule has 2 N–H and O–H groups in total. The summed E-state index contributed by atoms with van der Waals surface area (Å²) in [5.41, 5.74) is 9.53. The van der Waals surface area contributed by atoms with E-state index in [0.717, 1.165) is 23.5 Å². The minimum atomic E-state index is 0.0728. The van der Waals surface area contributed by atoms with Crippen molar-refractivity contribution in [3.8, 4) is 0 Å². The lowest BCUT2D eigenvalue weighted by Gasteiger charge is -2.20. The number of nitrogens with two attached hydrogens (primary N) is 1. The van der Waals surface area contributed by atoms with E-state index in [4.69, 9.17) is 5.73 Å². The number of rotatable bonds is 4. The minimum Gasteiger partial charge on any atom is -0.329 e. The average molecular weight is 255 g/mol. The molecule has 0 saturated carbocycles. The van der Waals surface area contributed by atoms with Gasteiger partial charge in [-0.3, -0.25) is 0 Å². The van der Waals surface area contributed by atoms with Crippen molar-refractivity contribution in [2.75, 3.05) is 11.9 Å². The third kappa shape index (κ3) is 2.93. The SMILES string of the molecule is CC[C@@H](N)c1cnc(N(C)c2ccccc2)cc1C. The molecule has 19 heavy (non-hydrogen) atoms. The molecule has 3 nitrogen and oxygen atoms in total. The van der Waals surface area contributed by atoms with Crippen LogP contribution in [-0.4, -0.2) is 12.0 Å². The molecule has 1 aromatic heterocycles. The van der Waals surface area contributed by atoms with E-state index in [2.05, 4.69) is 41.9 Å². The first-order valence-corrected chi connectivity index (χ1v) is 6.64. The standard InChI is InChI=1S/C16H21N3/c1-4-15(17)14-11-18-16(10-12(14)2)19(3)13-8-6-5-7-9-13/h5-11,15H,4,17H2,1-3H3/t15-/m1/s1. The van der Waals surface area contributed by atoms with Gasteiger partial charge in [-0.2, -0.15) is 0 Å². The number of anilines is 2. The van der Waals surface area contributed by atoms with Gasteiger partial charge in [-0.25, -0.2) is 4.98 Å². The molecule has 0 bridgehead atoms. The average Bonchev–Trinajstić information content (AvgIpc) is 2.46. The van der Waals surface area contributed by atoms with E-state index < -0.39 is 0 Å². The Kier molecular flexibility index (Phi) is 4.17. The highest BCUT2D eigenvalue weighted by atomic mass is 15.2. The van der Waals surface area contributed by atoms with E-state index in [1.54, 1.807) is 0 Å². The number of nitrogens with zero attached hydrogens (tertiary/aromatic N) is 2. The molecular formula is C16H21N3. The van der Waals surface area contributed by atoms with Crippen LogP contribution in [0.25, 0.3) is 0 Å². The molecule has 1 aromatic carbocycles. The Morgan fingerprint density at radius 1 is 1.26 bits per heavy atom. The fraction of sp³-hybridized carbons (Fsp3) is 0.312. The highest BCUT2D eigenvalue weighted by Crippen LogP contribution is 2.25. The Bertz CT molecular complexity index is 537.